The van der Waals surface area contributed by atoms with Crippen LogP contribution in [0.15, 0.2) is 103 Å². The second kappa shape index (κ2) is 8.25. The summed E-state index contributed by atoms with van der Waals surface area (Å²) < 4.78 is 0. The molecule has 5 rings (SSSR count). The summed E-state index contributed by atoms with van der Waals surface area (Å²) in [6.45, 7) is 2.93. The van der Waals surface area contributed by atoms with Gasteiger partial charge in [-0.25, -0.2) is 0 Å². The van der Waals surface area contributed by atoms with Crippen molar-refractivity contribution < 1.29 is 5.11 Å². The van der Waals surface area contributed by atoms with Crippen LogP contribution < -0.4 is 5.32 Å². The fourth-order valence-electron chi connectivity index (χ4n) is 4.29. The van der Waals surface area contributed by atoms with Crippen molar-refractivity contribution in [2.75, 3.05) is 0 Å². The molecule has 0 aromatic heterocycles. The first-order chi connectivity index (χ1) is 15.2. The highest BCUT2D eigenvalue weighted by atomic mass is 16.3. The first-order valence-corrected chi connectivity index (χ1v) is 10.7. The summed E-state index contributed by atoms with van der Waals surface area (Å²) in [5.41, 5.74) is 4.34. The van der Waals surface area contributed by atoms with Crippen molar-refractivity contribution in [1.82, 2.24) is 5.32 Å². The Morgan fingerprint density at radius 3 is 2.32 bits per heavy atom. The van der Waals surface area contributed by atoms with Crippen molar-refractivity contribution >= 4 is 21.5 Å². The van der Waals surface area contributed by atoms with E-state index < -0.39 is 0 Å². The molecule has 0 radical (unpaired) electrons. The van der Waals surface area contributed by atoms with Crippen LogP contribution in [0.1, 0.15) is 24.1 Å². The number of rotatable bonds is 5. The summed E-state index contributed by atoms with van der Waals surface area (Å²) in [4.78, 5) is 0. The van der Waals surface area contributed by atoms with Gasteiger partial charge in [0.05, 0.1) is 0 Å². The molecule has 0 aliphatic rings. The SMILES string of the molecule is C[C@@H](NCc1ccc(O)c(-c2ccc3ccccc3c2)c1)c1cccc2ccccc12. The van der Waals surface area contributed by atoms with Gasteiger partial charge in [-0.15, -0.1) is 0 Å². The minimum Gasteiger partial charge on any atom is -0.507 e. The van der Waals surface area contributed by atoms with Gasteiger partial charge in [0.25, 0.3) is 0 Å². The van der Waals surface area contributed by atoms with Crippen LogP contribution in [-0.4, -0.2) is 5.11 Å². The molecule has 0 aliphatic carbocycles. The molecule has 0 unspecified atom stereocenters. The van der Waals surface area contributed by atoms with Crippen LogP contribution >= 0.6 is 0 Å². The van der Waals surface area contributed by atoms with E-state index in [1.165, 1.54) is 27.1 Å². The monoisotopic (exact) mass is 403 g/mol. The highest BCUT2D eigenvalue weighted by Crippen LogP contribution is 2.32. The zero-order valence-electron chi connectivity index (χ0n) is 17.5. The van der Waals surface area contributed by atoms with Gasteiger partial charge < -0.3 is 10.4 Å². The fourth-order valence-corrected chi connectivity index (χ4v) is 4.29. The summed E-state index contributed by atoms with van der Waals surface area (Å²) in [7, 11) is 0. The smallest absolute Gasteiger partial charge is 0.123 e. The highest BCUT2D eigenvalue weighted by Gasteiger charge is 2.11. The van der Waals surface area contributed by atoms with Crippen LogP contribution in [0.3, 0.4) is 0 Å². The number of hydrogen-bond donors (Lipinski definition) is 2. The van der Waals surface area contributed by atoms with Crippen LogP contribution in [0.5, 0.6) is 5.75 Å². The minimum absolute atomic E-state index is 0.212. The van der Waals surface area contributed by atoms with Gasteiger partial charge in [0, 0.05) is 18.2 Å². The lowest BCUT2D eigenvalue weighted by Gasteiger charge is -2.17. The molecule has 31 heavy (non-hydrogen) atoms. The molecule has 0 spiro atoms. The molecule has 2 N–H and O–H groups in total. The zero-order valence-corrected chi connectivity index (χ0v) is 17.5. The maximum Gasteiger partial charge on any atom is 0.123 e. The number of phenols is 1. The average molecular weight is 404 g/mol. The van der Waals surface area contributed by atoms with Gasteiger partial charge in [0.2, 0.25) is 0 Å². The molecule has 152 valence electrons. The molecule has 2 nitrogen and oxygen atoms in total. The number of aromatic hydroxyl groups is 1. The van der Waals surface area contributed by atoms with Crippen LogP contribution in [0, 0.1) is 0 Å². The number of nitrogens with one attached hydrogen (secondary N) is 1. The summed E-state index contributed by atoms with van der Waals surface area (Å²) in [5.74, 6) is 0.307. The molecule has 1 atom stereocenters. The van der Waals surface area contributed by atoms with Crippen LogP contribution in [0.2, 0.25) is 0 Å². The molecule has 5 aromatic carbocycles. The van der Waals surface area contributed by atoms with Gasteiger partial charge in [0.15, 0.2) is 0 Å². The van der Waals surface area contributed by atoms with Gasteiger partial charge >= 0.3 is 0 Å². The van der Waals surface area contributed by atoms with Crippen LogP contribution in [0.4, 0.5) is 0 Å². The van der Waals surface area contributed by atoms with E-state index in [-0.39, 0.29) is 6.04 Å². The van der Waals surface area contributed by atoms with Gasteiger partial charge in [-0.1, -0.05) is 84.9 Å². The Labute approximate surface area is 182 Å². The Hall–Kier alpha value is -3.62. The van der Waals surface area contributed by atoms with Gasteiger partial charge in [-0.2, -0.15) is 0 Å². The Bertz CT molecular complexity index is 1370. The molecule has 0 saturated carbocycles. The fraction of sp³-hybridized carbons (Fsp3) is 0.103. The van der Waals surface area contributed by atoms with E-state index in [2.05, 4.69) is 91.1 Å². The predicted molar refractivity (Wildman–Crippen MR) is 130 cm³/mol. The predicted octanol–water partition coefficient (Wildman–Crippen LogP) is 7.22. The standard InChI is InChI=1S/C29H25NO/c1-20(26-12-6-10-23-8-4-5-11-27(23)26)30-19-21-13-16-29(31)28(17-21)25-15-14-22-7-2-3-9-24(22)18-25/h2-18,20,30-31H,19H2,1H3/t20-/m1/s1. The maximum atomic E-state index is 10.5. The van der Waals surface area contributed by atoms with Crippen LogP contribution in [0.25, 0.3) is 32.7 Å². The highest BCUT2D eigenvalue weighted by molar-refractivity contribution is 5.88. The lowest BCUT2D eigenvalue weighted by molar-refractivity contribution is 0.477. The van der Waals surface area contributed by atoms with Crippen molar-refractivity contribution in [3.63, 3.8) is 0 Å². The minimum atomic E-state index is 0.212. The number of hydrogen-bond acceptors (Lipinski definition) is 2. The van der Waals surface area contributed by atoms with Crippen molar-refractivity contribution in [2.24, 2.45) is 0 Å². The number of fused-ring (bicyclic) bond motifs is 2. The van der Waals surface area contributed by atoms with Crippen molar-refractivity contribution in [3.8, 4) is 16.9 Å². The van der Waals surface area contributed by atoms with E-state index in [0.717, 1.165) is 23.2 Å². The van der Waals surface area contributed by atoms with Gasteiger partial charge in [0.1, 0.15) is 5.75 Å². The summed E-state index contributed by atoms with van der Waals surface area (Å²) >= 11 is 0. The Morgan fingerprint density at radius 1 is 0.710 bits per heavy atom. The third-order valence-corrected chi connectivity index (χ3v) is 6.02. The third-order valence-electron chi connectivity index (χ3n) is 6.02. The summed E-state index contributed by atoms with van der Waals surface area (Å²) in [6.07, 6.45) is 0. The van der Waals surface area contributed by atoms with Crippen molar-refractivity contribution in [1.29, 1.82) is 0 Å². The Kier molecular flexibility index (Phi) is 5.15. The molecule has 2 heteroatoms. The average Bonchev–Trinajstić information content (AvgIpc) is 2.82. The number of benzene rings is 5. The Morgan fingerprint density at radius 2 is 1.45 bits per heavy atom. The normalized spacial score (nSPS) is 12.3. The van der Waals surface area contributed by atoms with E-state index in [4.69, 9.17) is 0 Å². The molecular weight excluding hydrogens is 378 g/mol. The molecular formula is C29H25NO. The first-order valence-electron chi connectivity index (χ1n) is 10.7. The summed E-state index contributed by atoms with van der Waals surface area (Å²) in [5, 5.41) is 19.1. The van der Waals surface area contributed by atoms with E-state index in [0.29, 0.717) is 5.75 Å². The molecule has 0 bridgehead atoms. The molecule has 0 saturated heterocycles. The molecule has 0 amide bonds. The largest absolute Gasteiger partial charge is 0.507 e. The topological polar surface area (TPSA) is 32.3 Å². The second-order valence-electron chi connectivity index (χ2n) is 8.08. The van der Waals surface area contributed by atoms with Crippen LogP contribution in [-0.2, 0) is 6.54 Å². The van der Waals surface area contributed by atoms with Crippen molar-refractivity contribution in [3.05, 3.63) is 114 Å². The van der Waals surface area contributed by atoms with E-state index >= 15 is 0 Å². The first kappa shape index (κ1) is 19.3. The summed E-state index contributed by atoms with van der Waals surface area (Å²) in [6, 6.07) is 35.7. The zero-order chi connectivity index (χ0) is 21.2. The number of phenolic OH excluding ortho intramolecular Hbond substituents is 1. The molecule has 5 aromatic rings. The van der Waals surface area contributed by atoms with E-state index in [1.807, 2.05) is 18.2 Å². The Balaban J connectivity index is 1.40. The lowest BCUT2D eigenvalue weighted by atomic mass is 9.98. The second-order valence-corrected chi connectivity index (χ2v) is 8.08. The van der Waals surface area contributed by atoms with Gasteiger partial charge in [-0.3, -0.25) is 0 Å². The van der Waals surface area contributed by atoms with E-state index in [9.17, 15) is 5.11 Å². The maximum absolute atomic E-state index is 10.5. The quantitative estimate of drug-likeness (QED) is 0.325. The van der Waals surface area contributed by atoms with Gasteiger partial charge in [-0.05, 0) is 63.4 Å². The lowest BCUT2D eigenvalue weighted by Crippen LogP contribution is -2.18. The molecule has 0 fully saturated rings. The van der Waals surface area contributed by atoms with Crippen molar-refractivity contribution in [2.45, 2.75) is 19.5 Å². The van der Waals surface area contributed by atoms with E-state index in [1.54, 1.807) is 6.07 Å². The molecule has 0 aliphatic heterocycles. The third kappa shape index (κ3) is 3.90. The molecule has 0 heterocycles.